The maximum atomic E-state index is 12.2. The number of nitrogens with one attached hydrogen (secondary N) is 1. The van der Waals surface area contributed by atoms with E-state index in [0.717, 1.165) is 5.56 Å². The summed E-state index contributed by atoms with van der Waals surface area (Å²) in [6.07, 6.45) is 3.22. The predicted octanol–water partition coefficient (Wildman–Crippen LogP) is 2.06. The lowest BCUT2D eigenvalue weighted by atomic mass is 10.1. The highest BCUT2D eigenvalue weighted by Crippen LogP contribution is 2.26. The Morgan fingerprint density at radius 1 is 1.33 bits per heavy atom. The lowest BCUT2D eigenvalue weighted by molar-refractivity contribution is -0.384. The minimum Gasteiger partial charge on any atom is -0.393 e. The van der Waals surface area contributed by atoms with Gasteiger partial charge >= 0.3 is 5.69 Å². The Labute approximate surface area is 121 Å². The van der Waals surface area contributed by atoms with Gasteiger partial charge in [-0.2, -0.15) is 0 Å². The number of nitro benzene ring substituents is 1. The summed E-state index contributed by atoms with van der Waals surface area (Å²) in [5.41, 5.74) is 5.95. The van der Waals surface area contributed by atoms with Gasteiger partial charge in [-0.05, 0) is 36.8 Å². The van der Waals surface area contributed by atoms with E-state index in [4.69, 9.17) is 5.73 Å². The van der Waals surface area contributed by atoms with E-state index in [1.807, 2.05) is 0 Å². The van der Waals surface area contributed by atoms with Gasteiger partial charge in [0.05, 0.1) is 11.0 Å². The van der Waals surface area contributed by atoms with Gasteiger partial charge in [-0.1, -0.05) is 6.07 Å². The van der Waals surface area contributed by atoms with Gasteiger partial charge in [0.2, 0.25) is 0 Å². The molecule has 2 aromatic rings. The fourth-order valence-electron chi connectivity index (χ4n) is 1.96. The normalized spacial score (nSPS) is 11.7. The number of rotatable bonds is 4. The van der Waals surface area contributed by atoms with Crippen LogP contribution < -0.4 is 11.1 Å². The van der Waals surface area contributed by atoms with Crippen LogP contribution in [0.2, 0.25) is 0 Å². The van der Waals surface area contributed by atoms with Crippen LogP contribution in [-0.2, 0) is 0 Å². The van der Waals surface area contributed by atoms with Gasteiger partial charge in [0.1, 0.15) is 11.3 Å². The van der Waals surface area contributed by atoms with Gasteiger partial charge in [-0.25, -0.2) is 0 Å². The molecular weight excluding hydrogens is 272 g/mol. The number of pyridine rings is 1. The number of nitrogen functional groups attached to an aromatic ring is 1. The molecule has 1 aromatic carbocycles. The van der Waals surface area contributed by atoms with Crippen LogP contribution in [0.25, 0.3) is 0 Å². The average Bonchev–Trinajstić information content (AvgIpc) is 2.47. The molecule has 0 saturated carbocycles. The SMILES string of the molecule is CC(NC(=O)c1cccc(N)c1[N+](=O)[O-])c1ccncc1. The highest BCUT2D eigenvalue weighted by atomic mass is 16.6. The van der Waals surface area contributed by atoms with Gasteiger partial charge in [0.15, 0.2) is 0 Å². The third kappa shape index (κ3) is 3.14. The summed E-state index contributed by atoms with van der Waals surface area (Å²) in [7, 11) is 0. The first-order valence-electron chi connectivity index (χ1n) is 6.24. The molecule has 1 atom stereocenters. The molecule has 1 unspecified atom stereocenters. The van der Waals surface area contributed by atoms with Crippen LogP contribution in [0.5, 0.6) is 0 Å². The van der Waals surface area contributed by atoms with Gasteiger partial charge < -0.3 is 11.1 Å². The molecule has 1 amide bonds. The molecule has 108 valence electrons. The number of carbonyl (C=O) groups excluding carboxylic acids is 1. The summed E-state index contributed by atoms with van der Waals surface area (Å²) in [5, 5.41) is 13.7. The number of anilines is 1. The van der Waals surface area contributed by atoms with E-state index in [-0.39, 0.29) is 23.0 Å². The van der Waals surface area contributed by atoms with E-state index in [2.05, 4.69) is 10.3 Å². The third-order valence-electron chi connectivity index (χ3n) is 3.05. The molecule has 0 aliphatic rings. The molecule has 0 spiro atoms. The number of carbonyl (C=O) groups is 1. The molecule has 7 nitrogen and oxygen atoms in total. The standard InChI is InChI=1S/C14H14N4O3/c1-9(10-5-7-16-8-6-10)17-14(19)11-3-2-4-12(15)13(11)18(20)21/h2-9H,15H2,1H3,(H,17,19). The van der Waals surface area contributed by atoms with Crippen molar-refractivity contribution in [2.45, 2.75) is 13.0 Å². The molecule has 21 heavy (non-hydrogen) atoms. The fourth-order valence-corrected chi connectivity index (χ4v) is 1.96. The largest absolute Gasteiger partial charge is 0.393 e. The van der Waals surface area contributed by atoms with E-state index in [9.17, 15) is 14.9 Å². The van der Waals surface area contributed by atoms with Crippen LogP contribution in [0, 0.1) is 10.1 Å². The molecule has 1 aromatic heterocycles. The summed E-state index contributed by atoms with van der Waals surface area (Å²) in [6, 6.07) is 7.50. The number of para-hydroxylation sites is 1. The predicted molar refractivity (Wildman–Crippen MR) is 77.6 cm³/mol. The molecular formula is C14H14N4O3. The van der Waals surface area contributed by atoms with Crippen molar-refractivity contribution in [2.24, 2.45) is 0 Å². The van der Waals surface area contributed by atoms with Crippen LogP contribution in [0.3, 0.4) is 0 Å². The highest BCUT2D eigenvalue weighted by Gasteiger charge is 2.24. The lowest BCUT2D eigenvalue weighted by Gasteiger charge is -2.14. The molecule has 7 heteroatoms. The van der Waals surface area contributed by atoms with Crippen LogP contribution in [-0.4, -0.2) is 15.8 Å². The van der Waals surface area contributed by atoms with E-state index in [1.54, 1.807) is 31.5 Å². The fraction of sp³-hybridized carbons (Fsp3) is 0.143. The van der Waals surface area contributed by atoms with Gasteiger partial charge in [-0.3, -0.25) is 19.9 Å². The number of nitrogens with two attached hydrogens (primary N) is 1. The molecule has 0 radical (unpaired) electrons. The highest BCUT2D eigenvalue weighted by molar-refractivity contribution is 6.00. The van der Waals surface area contributed by atoms with Crippen molar-refractivity contribution in [3.63, 3.8) is 0 Å². The average molecular weight is 286 g/mol. The number of aromatic nitrogens is 1. The molecule has 2 rings (SSSR count). The summed E-state index contributed by atoms with van der Waals surface area (Å²) >= 11 is 0. The molecule has 3 N–H and O–H groups in total. The zero-order valence-corrected chi connectivity index (χ0v) is 11.3. The second-order valence-corrected chi connectivity index (χ2v) is 4.48. The first-order valence-corrected chi connectivity index (χ1v) is 6.24. The first kappa shape index (κ1) is 14.4. The molecule has 0 bridgehead atoms. The van der Waals surface area contributed by atoms with Crippen LogP contribution in [0.15, 0.2) is 42.7 Å². The summed E-state index contributed by atoms with van der Waals surface area (Å²) < 4.78 is 0. The summed E-state index contributed by atoms with van der Waals surface area (Å²) in [5.74, 6) is -0.543. The number of benzene rings is 1. The molecule has 0 saturated heterocycles. The second kappa shape index (κ2) is 6.00. The number of amides is 1. The Balaban J connectivity index is 2.26. The Kier molecular flexibility index (Phi) is 4.13. The topological polar surface area (TPSA) is 111 Å². The zero-order valence-electron chi connectivity index (χ0n) is 11.3. The Morgan fingerprint density at radius 3 is 2.62 bits per heavy atom. The maximum absolute atomic E-state index is 12.2. The lowest BCUT2D eigenvalue weighted by Crippen LogP contribution is -2.27. The Morgan fingerprint density at radius 2 is 2.00 bits per heavy atom. The minimum atomic E-state index is -0.651. The quantitative estimate of drug-likeness (QED) is 0.507. The summed E-state index contributed by atoms with van der Waals surface area (Å²) in [4.78, 5) is 26.5. The van der Waals surface area contributed by atoms with Crippen molar-refractivity contribution < 1.29 is 9.72 Å². The van der Waals surface area contributed by atoms with Crippen LogP contribution in [0.4, 0.5) is 11.4 Å². The number of nitrogens with zero attached hydrogens (tertiary/aromatic N) is 2. The zero-order chi connectivity index (χ0) is 15.4. The van der Waals surface area contributed by atoms with Crippen molar-refractivity contribution in [1.29, 1.82) is 0 Å². The van der Waals surface area contributed by atoms with E-state index in [0.29, 0.717) is 0 Å². The van der Waals surface area contributed by atoms with Gasteiger partial charge in [-0.15, -0.1) is 0 Å². The Hall–Kier alpha value is -2.96. The van der Waals surface area contributed by atoms with Crippen molar-refractivity contribution >= 4 is 17.3 Å². The van der Waals surface area contributed by atoms with Crippen molar-refractivity contribution in [3.8, 4) is 0 Å². The van der Waals surface area contributed by atoms with Crippen LogP contribution >= 0.6 is 0 Å². The van der Waals surface area contributed by atoms with Crippen LogP contribution in [0.1, 0.15) is 28.9 Å². The monoisotopic (exact) mass is 286 g/mol. The molecule has 0 fully saturated rings. The number of nitro groups is 1. The van der Waals surface area contributed by atoms with Crippen molar-refractivity contribution in [2.75, 3.05) is 5.73 Å². The second-order valence-electron chi connectivity index (χ2n) is 4.48. The molecule has 1 heterocycles. The minimum absolute atomic E-state index is 0.0378. The van der Waals surface area contributed by atoms with Crippen molar-refractivity contribution in [3.05, 3.63) is 64.0 Å². The molecule has 0 aliphatic carbocycles. The van der Waals surface area contributed by atoms with Gasteiger partial charge in [0, 0.05) is 12.4 Å². The molecule has 0 aliphatic heterocycles. The van der Waals surface area contributed by atoms with Gasteiger partial charge in [0.25, 0.3) is 5.91 Å². The van der Waals surface area contributed by atoms with E-state index >= 15 is 0 Å². The smallest absolute Gasteiger partial charge is 0.304 e. The number of hydrogen-bond acceptors (Lipinski definition) is 5. The summed E-state index contributed by atoms with van der Waals surface area (Å²) in [6.45, 7) is 1.78. The first-order chi connectivity index (χ1) is 10.0. The number of hydrogen-bond donors (Lipinski definition) is 2. The Bertz CT molecular complexity index is 673. The van der Waals surface area contributed by atoms with E-state index < -0.39 is 10.8 Å². The van der Waals surface area contributed by atoms with Crippen molar-refractivity contribution in [1.82, 2.24) is 10.3 Å². The third-order valence-corrected chi connectivity index (χ3v) is 3.05. The maximum Gasteiger partial charge on any atom is 0.304 e. The van der Waals surface area contributed by atoms with E-state index in [1.165, 1.54) is 18.2 Å².